The molecule has 2 N–H and O–H groups in total. The van der Waals surface area contributed by atoms with Crippen molar-refractivity contribution in [3.8, 4) is 5.75 Å². The summed E-state index contributed by atoms with van der Waals surface area (Å²) in [7, 11) is 2.01. The van der Waals surface area contributed by atoms with E-state index in [2.05, 4.69) is 9.64 Å². The first-order valence-corrected chi connectivity index (χ1v) is 6.66. The van der Waals surface area contributed by atoms with Crippen LogP contribution in [0.2, 0.25) is 0 Å². The van der Waals surface area contributed by atoms with Crippen LogP contribution in [0.15, 0.2) is 24.3 Å². The highest BCUT2D eigenvalue weighted by atomic mass is 19.3. The number of ether oxygens (including phenoxy) is 2. The van der Waals surface area contributed by atoms with Crippen LogP contribution >= 0.6 is 0 Å². The summed E-state index contributed by atoms with van der Waals surface area (Å²) in [4.78, 5) is 2.19. The van der Waals surface area contributed by atoms with E-state index < -0.39 is 6.61 Å². The highest BCUT2D eigenvalue weighted by Gasteiger charge is 2.26. The van der Waals surface area contributed by atoms with Gasteiger partial charge in [0.25, 0.3) is 0 Å². The van der Waals surface area contributed by atoms with Crippen molar-refractivity contribution >= 4 is 0 Å². The van der Waals surface area contributed by atoms with Gasteiger partial charge in [0.05, 0.1) is 6.61 Å². The molecule has 0 aromatic heterocycles. The van der Waals surface area contributed by atoms with Crippen molar-refractivity contribution in [1.29, 1.82) is 0 Å². The first kappa shape index (κ1) is 15.2. The molecule has 0 bridgehead atoms. The highest BCUT2D eigenvalue weighted by molar-refractivity contribution is 5.29. The molecule has 1 aromatic carbocycles. The largest absolute Gasteiger partial charge is 0.435 e. The van der Waals surface area contributed by atoms with Gasteiger partial charge in [0.2, 0.25) is 0 Å². The Bertz CT molecular complexity index is 408. The quantitative estimate of drug-likeness (QED) is 0.869. The number of benzene rings is 1. The molecule has 1 saturated heterocycles. The summed E-state index contributed by atoms with van der Waals surface area (Å²) in [5.41, 5.74) is 6.85. The van der Waals surface area contributed by atoms with E-state index in [9.17, 15) is 8.78 Å². The molecule has 112 valence electrons. The van der Waals surface area contributed by atoms with Crippen LogP contribution in [0.25, 0.3) is 0 Å². The fraction of sp³-hybridized carbons (Fsp3) is 0.571. The van der Waals surface area contributed by atoms with Crippen LogP contribution < -0.4 is 10.5 Å². The van der Waals surface area contributed by atoms with Gasteiger partial charge in [-0.1, -0.05) is 12.1 Å². The van der Waals surface area contributed by atoms with Gasteiger partial charge in [-0.2, -0.15) is 8.78 Å². The summed E-state index contributed by atoms with van der Waals surface area (Å²) in [5.74, 6) is 0.159. The molecule has 0 saturated carbocycles. The van der Waals surface area contributed by atoms with E-state index in [-0.39, 0.29) is 11.8 Å². The summed E-state index contributed by atoms with van der Waals surface area (Å²) >= 11 is 0. The second kappa shape index (κ2) is 6.97. The van der Waals surface area contributed by atoms with Crippen LogP contribution in [0.4, 0.5) is 8.78 Å². The monoisotopic (exact) mass is 286 g/mol. The van der Waals surface area contributed by atoms with Crippen molar-refractivity contribution in [2.75, 3.05) is 26.8 Å². The second-order valence-electron chi connectivity index (χ2n) is 4.88. The molecule has 4 nitrogen and oxygen atoms in total. The standard InChI is InChI=1S/C14H20F2N2O2/c1-18(11-6-7-19-9-11)13(8-17)10-2-4-12(5-3-10)20-14(15)16/h2-5,11,13-14H,6-9,17H2,1H3. The van der Waals surface area contributed by atoms with Crippen molar-refractivity contribution in [3.05, 3.63) is 29.8 Å². The van der Waals surface area contributed by atoms with Crippen LogP contribution in [0.1, 0.15) is 18.0 Å². The van der Waals surface area contributed by atoms with Crippen LogP contribution in [0.5, 0.6) is 5.75 Å². The molecular weight excluding hydrogens is 266 g/mol. The first-order valence-electron chi connectivity index (χ1n) is 6.66. The van der Waals surface area contributed by atoms with Crippen LogP contribution in [-0.2, 0) is 4.74 Å². The minimum absolute atomic E-state index is 0.0438. The molecule has 0 radical (unpaired) electrons. The molecule has 0 aliphatic carbocycles. The zero-order valence-electron chi connectivity index (χ0n) is 11.5. The average molecular weight is 286 g/mol. The van der Waals surface area contributed by atoms with Gasteiger partial charge in [-0.05, 0) is 31.2 Å². The molecule has 1 fully saturated rings. The fourth-order valence-corrected chi connectivity index (χ4v) is 2.51. The lowest BCUT2D eigenvalue weighted by molar-refractivity contribution is -0.0498. The normalized spacial score (nSPS) is 20.6. The lowest BCUT2D eigenvalue weighted by Gasteiger charge is -2.31. The van der Waals surface area contributed by atoms with E-state index in [1.54, 1.807) is 24.3 Å². The summed E-state index contributed by atoms with van der Waals surface area (Å²) < 4.78 is 34.0. The Morgan fingerprint density at radius 1 is 1.40 bits per heavy atom. The van der Waals surface area contributed by atoms with Crippen molar-refractivity contribution in [3.63, 3.8) is 0 Å². The molecule has 1 heterocycles. The number of rotatable bonds is 6. The van der Waals surface area contributed by atoms with Gasteiger partial charge in [-0.15, -0.1) is 0 Å². The molecule has 2 rings (SSSR count). The van der Waals surface area contributed by atoms with Gasteiger partial charge >= 0.3 is 6.61 Å². The third-order valence-corrected chi connectivity index (χ3v) is 3.69. The number of nitrogens with zero attached hydrogens (tertiary/aromatic N) is 1. The molecule has 6 heteroatoms. The molecule has 0 amide bonds. The van der Waals surface area contributed by atoms with Crippen molar-refractivity contribution in [2.45, 2.75) is 25.1 Å². The predicted molar refractivity (Wildman–Crippen MR) is 71.9 cm³/mol. The molecule has 2 unspecified atom stereocenters. The predicted octanol–water partition coefficient (Wildman–Crippen LogP) is 2.01. The Kier molecular flexibility index (Phi) is 5.28. The molecule has 1 aliphatic rings. The van der Waals surface area contributed by atoms with Crippen molar-refractivity contribution in [1.82, 2.24) is 4.90 Å². The Morgan fingerprint density at radius 3 is 2.60 bits per heavy atom. The first-order chi connectivity index (χ1) is 9.61. The SMILES string of the molecule is CN(C1CCOC1)C(CN)c1ccc(OC(F)F)cc1. The van der Waals surface area contributed by atoms with Crippen molar-refractivity contribution < 1.29 is 18.3 Å². The Hall–Kier alpha value is -1.24. The maximum Gasteiger partial charge on any atom is 0.387 e. The van der Waals surface area contributed by atoms with E-state index in [0.29, 0.717) is 19.2 Å². The molecular formula is C14H20F2N2O2. The van der Waals surface area contributed by atoms with E-state index in [0.717, 1.165) is 18.6 Å². The van der Waals surface area contributed by atoms with Crippen LogP contribution in [0, 0.1) is 0 Å². The minimum atomic E-state index is -2.80. The summed E-state index contributed by atoms with van der Waals surface area (Å²) in [6, 6.07) is 7.04. The Labute approximate surface area is 117 Å². The van der Waals surface area contributed by atoms with Crippen molar-refractivity contribution in [2.24, 2.45) is 5.73 Å². The van der Waals surface area contributed by atoms with E-state index >= 15 is 0 Å². The highest BCUT2D eigenvalue weighted by Crippen LogP contribution is 2.26. The number of alkyl halides is 2. The smallest absolute Gasteiger partial charge is 0.387 e. The lowest BCUT2D eigenvalue weighted by Crippen LogP contribution is -2.38. The lowest BCUT2D eigenvalue weighted by atomic mass is 10.0. The van der Waals surface area contributed by atoms with Gasteiger partial charge in [0.1, 0.15) is 5.75 Å². The zero-order valence-corrected chi connectivity index (χ0v) is 11.5. The van der Waals surface area contributed by atoms with Gasteiger partial charge in [0.15, 0.2) is 0 Å². The number of hydrogen-bond acceptors (Lipinski definition) is 4. The van der Waals surface area contributed by atoms with E-state index in [4.69, 9.17) is 10.5 Å². The van der Waals surface area contributed by atoms with E-state index in [1.807, 2.05) is 7.05 Å². The Morgan fingerprint density at radius 2 is 2.10 bits per heavy atom. The fourth-order valence-electron chi connectivity index (χ4n) is 2.51. The third-order valence-electron chi connectivity index (χ3n) is 3.69. The van der Waals surface area contributed by atoms with Gasteiger partial charge in [-0.25, -0.2) is 0 Å². The number of likely N-dealkylation sites (N-methyl/N-ethyl adjacent to an activating group) is 1. The summed E-state index contributed by atoms with van der Waals surface area (Å²) in [6.45, 7) is -0.862. The number of hydrogen-bond donors (Lipinski definition) is 1. The maximum absolute atomic E-state index is 12.1. The van der Waals surface area contributed by atoms with Crippen LogP contribution in [-0.4, -0.2) is 44.4 Å². The summed E-state index contributed by atoms with van der Waals surface area (Å²) in [5, 5.41) is 0. The molecule has 2 atom stereocenters. The van der Waals surface area contributed by atoms with Gasteiger partial charge in [-0.3, -0.25) is 4.90 Å². The van der Waals surface area contributed by atoms with Crippen LogP contribution in [0.3, 0.4) is 0 Å². The molecule has 20 heavy (non-hydrogen) atoms. The second-order valence-corrected chi connectivity index (χ2v) is 4.88. The third kappa shape index (κ3) is 3.65. The average Bonchev–Trinajstić information content (AvgIpc) is 2.94. The molecule has 1 aliphatic heterocycles. The Balaban J connectivity index is 2.06. The van der Waals surface area contributed by atoms with Gasteiger partial charge < -0.3 is 15.2 Å². The zero-order chi connectivity index (χ0) is 14.5. The number of halogens is 2. The number of nitrogens with two attached hydrogens (primary N) is 1. The van der Waals surface area contributed by atoms with Gasteiger partial charge in [0, 0.05) is 25.2 Å². The maximum atomic E-state index is 12.1. The molecule has 1 aromatic rings. The summed E-state index contributed by atoms with van der Waals surface area (Å²) in [6.07, 6.45) is 0.986. The topological polar surface area (TPSA) is 47.7 Å². The molecule has 0 spiro atoms. The van der Waals surface area contributed by atoms with E-state index in [1.165, 1.54) is 0 Å². The minimum Gasteiger partial charge on any atom is -0.435 e.